The number of nitrogens with zero attached hydrogens (tertiary/aromatic N) is 3. The van der Waals surface area contributed by atoms with Crippen LogP contribution < -0.4 is 9.80 Å². The van der Waals surface area contributed by atoms with E-state index in [9.17, 15) is 4.79 Å². The fourth-order valence-corrected chi connectivity index (χ4v) is 4.69. The third-order valence-corrected chi connectivity index (χ3v) is 5.97. The summed E-state index contributed by atoms with van der Waals surface area (Å²) in [7, 11) is 4.03. The molecule has 2 aromatic carbocycles. The van der Waals surface area contributed by atoms with Gasteiger partial charge in [-0.05, 0) is 55.4 Å². The Morgan fingerprint density at radius 2 is 1.89 bits per heavy atom. The number of benzene rings is 2. The highest BCUT2D eigenvalue weighted by Crippen LogP contribution is 2.49. The van der Waals surface area contributed by atoms with Crippen molar-refractivity contribution in [3.05, 3.63) is 65.4 Å². The number of rotatable bonds is 4. The molecule has 1 atom stereocenters. The number of amidine groups is 1. The van der Waals surface area contributed by atoms with Crippen LogP contribution in [0, 0.1) is 0 Å². The lowest BCUT2D eigenvalue weighted by atomic mass is 9.94. The van der Waals surface area contributed by atoms with Gasteiger partial charge < -0.3 is 14.5 Å². The van der Waals surface area contributed by atoms with Crippen LogP contribution in [0.5, 0.6) is 0 Å². The molecule has 0 fully saturated rings. The van der Waals surface area contributed by atoms with Crippen molar-refractivity contribution < 1.29 is 9.53 Å². The number of aliphatic imine (C=N–C) groups is 1. The van der Waals surface area contributed by atoms with Gasteiger partial charge in [-0.15, -0.1) is 0 Å². The summed E-state index contributed by atoms with van der Waals surface area (Å²) in [4.78, 5) is 23.0. The lowest BCUT2D eigenvalue weighted by Gasteiger charge is -2.35. The van der Waals surface area contributed by atoms with Gasteiger partial charge in [-0.2, -0.15) is 0 Å². The van der Waals surface area contributed by atoms with Gasteiger partial charge in [-0.3, -0.25) is 0 Å². The summed E-state index contributed by atoms with van der Waals surface area (Å²) in [5, 5.41) is 0.897. The maximum Gasteiger partial charge on any atom is 0.338 e. The van der Waals surface area contributed by atoms with E-state index >= 15 is 0 Å². The number of allylic oxidation sites excluding steroid dienone is 1. The number of esters is 1. The zero-order chi connectivity index (χ0) is 19.8. The number of fused-ring (bicyclic) bond motifs is 3. The van der Waals surface area contributed by atoms with Gasteiger partial charge in [-0.1, -0.05) is 24.3 Å². The van der Waals surface area contributed by atoms with Gasteiger partial charge in [0.1, 0.15) is 0 Å². The van der Waals surface area contributed by atoms with E-state index < -0.39 is 0 Å². The second-order valence-electron chi connectivity index (χ2n) is 6.94. The van der Waals surface area contributed by atoms with Gasteiger partial charge in [0.25, 0.3) is 0 Å². The minimum atomic E-state index is -0.307. The van der Waals surface area contributed by atoms with Gasteiger partial charge in [0.2, 0.25) is 0 Å². The van der Waals surface area contributed by atoms with Gasteiger partial charge >= 0.3 is 5.97 Å². The van der Waals surface area contributed by atoms with Crippen molar-refractivity contribution >= 4 is 34.3 Å². The summed E-state index contributed by atoms with van der Waals surface area (Å²) < 4.78 is 5.39. The van der Waals surface area contributed by atoms with E-state index in [1.807, 2.05) is 40.1 Å². The second-order valence-corrected chi connectivity index (χ2v) is 7.95. The highest BCUT2D eigenvalue weighted by Gasteiger charge is 2.41. The summed E-state index contributed by atoms with van der Waals surface area (Å²) in [6.07, 6.45) is 0. The number of para-hydroxylation sites is 1. The molecule has 0 amide bonds. The molecule has 6 heteroatoms. The van der Waals surface area contributed by atoms with Gasteiger partial charge in [-0.25, -0.2) is 9.79 Å². The van der Waals surface area contributed by atoms with Crippen LogP contribution in [-0.2, 0) is 9.53 Å². The molecule has 28 heavy (non-hydrogen) atoms. The predicted molar refractivity (Wildman–Crippen MR) is 115 cm³/mol. The number of carbonyl (C=O) groups is 1. The van der Waals surface area contributed by atoms with E-state index in [1.165, 1.54) is 0 Å². The molecule has 0 bridgehead atoms. The predicted octanol–water partition coefficient (Wildman–Crippen LogP) is 4.61. The molecule has 0 saturated carbocycles. The lowest BCUT2D eigenvalue weighted by Crippen LogP contribution is -2.37. The minimum Gasteiger partial charge on any atom is -0.463 e. The van der Waals surface area contributed by atoms with Crippen molar-refractivity contribution in [1.82, 2.24) is 0 Å². The molecule has 0 aromatic heterocycles. The Bertz CT molecular complexity index is 980. The Hall–Kier alpha value is -2.73. The standard InChI is InChI=1S/C22H23N3O2S/c1-5-27-21(26)19-14(2)23-22-25(17-8-6-7-9-18(17)28-22)20(19)15-10-12-16(13-11-15)24(3)4/h6-13,20H,5H2,1-4H3. The maximum atomic E-state index is 12.9. The van der Waals surface area contributed by atoms with Crippen LogP contribution in [-0.4, -0.2) is 31.8 Å². The molecule has 1 unspecified atom stereocenters. The van der Waals surface area contributed by atoms with Crippen molar-refractivity contribution in [2.45, 2.75) is 24.8 Å². The van der Waals surface area contributed by atoms with E-state index in [2.05, 4.69) is 46.2 Å². The van der Waals surface area contributed by atoms with Crippen molar-refractivity contribution in [3.8, 4) is 0 Å². The van der Waals surface area contributed by atoms with Crippen LogP contribution in [0.3, 0.4) is 0 Å². The molecule has 4 rings (SSSR count). The van der Waals surface area contributed by atoms with E-state index in [0.29, 0.717) is 17.9 Å². The Labute approximate surface area is 169 Å². The summed E-state index contributed by atoms with van der Waals surface area (Å²) >= 11 is 1.64. The van der Waals surface area contributed by atoms with Gasteiger partial charge in [0.05, 0.1) is 29.6 Å². The number of hydrogen-bond donors (Lipinski definition) is 0. The maximum absolute atomic E-state index is 12.9. The number of ether oxygens (including phenoxy) is 1. The molecule has 0 spiro atoms. The van der Waals surface area contributed by atoms with Crippen LogP contribution >= 0.6 is 11.8 Å². The SMILES string of the molecule is CCOC(=O)C1=C(C)N=C2Sc3ccccc3N2C1c1ccc(N(C)C)cc1. The number of carbonyl (C=O) groups excluding carboxylic acids is 1. The van der Waals surface area contributed by atoms with Crippen LogP contribution in [0.2, 0.25) is 0 Å². The van der Waals surface area contributed by atoms with Crippen LogP contribution in [0.25, 0.3) is 0 Å². The highest BCUT2D eigenvalue weighted by atomic mass is 32.2. The smallest absolute Gasteiger partial charge is 0.338 e. The van der Waals surface area contributed by atoms with E-state index in [-0.39, 0.29) is 12.0 Å². The van der Waals surface area contributed by atoms with Gasteiger partial charge in [0.15, 0.2) is 5.17 Å². The number of thioether (sulfide) groups is 1. The van der Waals surface area contributed by atoms with Crippen molar-refractivity contribution in [2.75, 3.05) is 30.5 Å². The Morgan fingerprint density at radius 3 is 2.57 bits per heavy atom. The minimum absolute atomic E-state index is 0.265. The summed E-state index contributed by atoms with van der Waals surface area (Å²) in [6.45, 7) is 4.05. The first-order valence-corrected chi connectivity index (χ1v) is 10.1. The molecule has 0 N–H and O–H groups in total. The Balaban J connectivity index is 1.86. The van der Waals surface area contributed by atoms with Crippen LogP contribution in [0.4, 0.5) is 11.4 Å². The molecule has 0 aliphatic carbocycles. The van der Waals surface area contributed by atoms with E-state index in [0.717, 1.165) is 27.0 Å². The lowest BCUT2D eigenvalue weighted by molar-refractivity contribution is -0.138. The molecule has 2 aromatic rings. The molecular formula is C22H23N3O2S. The van der Waals surface area contributed by atoms with Crippen molar-refractivity contribution in [3.63, 3.8) is 0 Å². The largest absolute Gasteiger partial charge is 0.463 e. The molecule has 2 heterocycles. The third kappa shape index (κ3) is 3.07. The van der Waals surface area contributed by atoms with Crippen LogP contribution in [0.1, 0.15) is 25.5 Å². The van der Waals surface area contributed by atoms with Crippen molar-refractivity contribution in [1.29, 1.82) is 0 Å². The molecule has 2 aliphatic rings. The first kappa shape index (κ1) is 18.6. The Kier molecular flexibility index (Phi) is 4.89. The first-order chi connectivity index (χ1) is 13.5. The summed E-state index contributed by atoms with van der Waals surface area (Å²) in [6, 6.07) is 16.3. The molecule has 0 saturated heterocycles. The fraction of sp³-hybridized carbons (Fsp3) is 0.273. The van der Waals surface area contributed by atoms with E-state index in [1.54, 1.807) is 11.8 Å². The topological polar surface area (TPSA) is 45.1 Å². The summed E-state index contributed by atoms with van der Waals surface area (Å²) in [5.41, 5.74) is 4.54. The zero-order valence-electron chi connectivity index (χ0n) is 16.5. The fourth-order valence-electron chi connectivity index (χ4n) is 3.59. The molecule has 0 radical (unpaired) electrons. The monoisotopic (exact) mass is 393 g/mol. The average molecular weight is 394 g/mol. The molecular weight excluding hydrogens is 370 g/mol. The molecule has 5 nitrogen and oxygen atoms in total. The Morgan fingerprint density at radius 1 is 1.18 bits per heavy atom. The second kappa shape index (κ2) is 7.36. The number of hydrogen-bond acceptors (Lipinski definition) is 6. The van der Waals surface area contributed by atoms with Gasteiger partial charge in [0, 0.05) is 24.7 Å². The highest BCUT2D eigenvalue weighted by molar-refractivity contribution is 8.14. The third-order valence-electron chi connectivity index (χ3n) is 4.94. The normalized spacial score (nSPS) is 17.8. The first-order valence-electron chi connectivity index (χ1n) is 9.31. The van der Waals surface area contributed by atoms with Crippen LogP contribution in [0.15, 0.2) is 69.7 Å². The van der Waals surface area contributed by atoms with E-state index in [4.69, 9.17) is 9.73 Å². The molecule has 2 aliphatic heterocycles. The number of anilines is 2. The van der Waals surface area contributed by atoms with Crippen molar-refractivity contribution in [2.24, 2.45) is 4.99 Å². The zero-order valence-corrected chi connectivity index (χ0v) is 17.3. The molecule has 144 valence electrons. The average Bonchev–Trinajstić information content (AvgIpc) is 3.05. The quantitative estimate of drug-likeness (QED) is 0.710. The summed E-state index contributed by atoms with van der Waals surface area (Å²) in [5.74, 6) is -0.307.